The molecule has 0 aliphatic heterocycles. The Bertz CT molecular complexity index is 882. The largest absolute Gasteiger partial charge is 0.495 e. The molecule has 2 rings (SSSR count). The number of halogens is 3. The molecule has 0 radical (unpaired) electrons. The maximum atomic E-state index is 13.0. The first-order chi connectivity index (χ1) is 13.1. The first-order valence-electron chi connectivity index (χ1n) is 8.27. The van der Waals surface area contributed by atoms with Gasteiger partial charge in [-0.15, -0.1) is 0 Å². The van der Waals surface area contributed by atoms with Crippen LogP contribution in [0.25, 0.3) is 0 Å². The van der Waals surface area contributed by atoms with E-state index in [9.17, 15) is 22.8 Å². The highest BCUT2D eigenvalue weighted by atomic mass is 19.4. The van der Waals surface area contributed by atoms with Crippen molar-refractivity contribution in [3.05, 3.63) is 47.5 Å². The first-order valence-corrected chi connectivity index (χ1v) is 8.27. The lowest BCUT2D eigenvalue weighted by molar-refractivity contribution is -0.138. The Morgan fingerprint density at radius 3 is 2.32 bits per heavy atom. The van der Waals surface area contributed by atoms with Crippen LogP contribution in [0.2, 0.25) is 0 Å². The molecule has 28 heavy (non-hydrogen) atoms. The van der Waals surface area contributed by atoms with Crippen molar-refractivity contribution >= 4 is 28.9 Å². The zero-order chi connectivity index (χ0) is 20.9. The lowest BCUT2D eigenvalue weighted by Gasteiger charge is -2.14. The van der Waals surface area contributed by atoms with Crippen LogP contribution in [0.15, 0.2) is 36.4 Å². The van der Waals surface area contributed by atoms with Crippen molar-refractivity contribution in [1.82, 2.24) is 0 Å². The summed E-state index contributed by atoms with van der Waals surface area (Å²) in [4.78, 5) is 23.4. The van der Waals surface area contributed by atoms with Gasteiger partial charge in [0, 0.05) is 18.3 Å². The van der Waals surface area contributed by atoms with Crippen LogP contribution < -0.4 is 20.7 Å². The molecule has 2 aromatic carbocycles. The average Bonchev–Trinajstić information content (AvgIpc) is 2.60. The van der Waals surface area contributed by atoms with E-state index >= 15 is 0 Å². The topological polar surface area (TPSA) is 79.5 Å². The number of benzene rings is 2. The number of carbonyl (C=O) groups excluding carboxylic acids is 2. The minimum absolute atomic E-state index is 0.0991. The summed E-state index contributed by atoms with van der Waals surface area (Å²) in [7, 11) is 1.42. The average molecular weight is 395 g/mol. The minimum atomic E-state index is -4.47. The van der Waals surface area contributed by atoms with Gasteiger partial charge in [-0.3, -0.25) is 9.59 Å². The van der Waals surface area contributed by atoms with E-state index in [1.54, 1.807) is 12.1 Å². The van der Waals surface area contributed by atoms with Gasteiger partial charge in [-0.1, -0.05) is 6.07 Å². The van der Waals surface area contributed by atoms with Crippen molar-refractivity contribution in [3.63, 3.8) is 0 Å². The molecular formula is C19H20F3N3O3. The van der Waals surface area contributed by atoms with E-state index in [4.69, 9.17) is 4.74 Å². The Morgan fingerprint density at radius 2 is 1.71 bits per heavy atom. The number of ether oxygens (including phenoxy) is 1. The Balaban J connectivity index is 2.08. The Hall–Kier alpha value is -3.23. The van der Waals surface area contributed by atoms with Gasteiger partial charge in [0.15, 0.2) is 0 Å². The number of methoxy groups -OCH3 is 1. The lowest BCUT2D eigenvalue weighted by Crippen LogP contribution is -2.22. The highest BCUT2D eigenvalue weighted by Crippen LogP contribution is 2.33. The molecule has 0 aliphatic rings. The second kappa shape index (κ2) is 8.64. The van der Waals surface area contributed by atoms with Crippen LogP contribution in [0.1, 0.15) is 18.1 Å². The van der Waals surface area contributed by atoms with Crippen molar-refractivity contribution < 1.29 is 27.5 Å². The zero-order valence-electron chi connectivity index (χ0n) is 15.5. The predicted molar refractivity (Wildman–Crippen MR) is 101 cm³/mol. The van der Waals surface area contributed by atoms with E-state index in [-0.39, 0.29) is 23.7 Å². The van der Waals surface area contributed by atoms with Crippen LogP contribution in [-0.2, 0) is 15.8 Å². The zero-order valence-corrected chi connectivity index (χ0v) is 15.5. The van der Waals surface area contributed by atoms with Gasteiger partial charge in [-0.05, 0) is 42.8 Å². The van der Waals surface area contributed by atoms with Crippen molar-refractivity contribution in [2.75, 3.05) is 29.6 Å². The van der Waals surface area contributed by atoms with Gasteiger partial charge in [0.25, 0.3) is 0 Å². The second-order valence-electron chi connectivity index (χ2n) is 6.03. The lowest BCUT2D eigenvalue weighted by atomic mass is 10.1. The molecule has 2 amide bonds. The van der Waals surface area contributed by atoms with Gasteiger partial charge >= 0.3 is 6.18 Å². The van der Waals surface area contributed by atoms with Crippen molar-refractivity contribution in [3.8, 4) is 5.75 Å². The van der Waals surface area contributed by atoms with Gasteiger partial charge < -0.3 is 20.7 Å². The van der Waals surface area contributed by atoms with Crippen molar-refractivity contribution in [1.29, 1.82) is 0 Å². The molecule has 0 heterocycles. The molecular weight excluding hydrogens is 375 g/mol. The maximum absolute atomic E-state index is 13.0. The summed E-state index contributed by atoms with van der Waals surface area (Å²) in [5, 5.41) is 7.85. The summed E-state index contributed by atoms with van der Waals surface area (Å²) in [5.74, 6) is -0.395. The van der Waals surface area contributed by atoms with Crippen molar-refractivity contribution in [2.24, 2.45) is 0 Å². The number of rotatable bonds is 6. The molecule has 6 nitrogen and oxygen atoms in total. The van der Waals surface area contributed by atoms with Crippen LogP contribution in [-0.4, -0.2) is 25.5 Å². The standard InChI is InChI=1S/C19H20F3N3O3/c1-11-4-5-13(8-15(11)19(20,21)22)23-10-18(27)25-16-9-14(24-12(2)26)6-7-17(16)28-3/h4-9,23H,10H2,1-3H3,(H,24,26)(H,25,27). The van der Waals surface area contributed by atoms with E-state index < -0.39 is 17.6 Å². The van der Waals surface area contributed by atoms with E-state index in [0.717, 1.165) is 6.07 Å². The van der Waals surface area contributed by atoms with E-state index in [1.165, 1.54) is 39.2 Å². The molecule has 150 valence electrons. The summed E-state index contributed by atoms with van der Waals surface area (Å²) >= 11 is 0. The molecule has 0 spiro atoms. The fourth-order valence-electron chi connectivity index (χ4n) is 2.50. The second-order valence-corrected chi connectivity index (χ2v) is 6.03. The van der Waals surface area contributed by atoms with E-state index in [2.05, 4.69) is 16.0 Å². The smallest absolute Gasteiger partial charge is 0.416 e. The number of hydrogen-bond acceptors (Lipinski definition) is 4. The van der Waals surface area contributed by atoms with Gasteiger partial charge in [-0.2, -0.15) is 13.2 Å². The summed E-state index contributed by atoms with van der Waals surface area (Å²) < 4.78 is 44.1. The van der Waals surface area contributed by atoms with E-state index in [0.29, 0.717) is 17.1 Å². The monoisotopic (exact) mass is 395 g/mol. The van der Waals surface area contributed by atoms with Crippen LogP contribution in [0.4, 0.5) is 30.2 Å². The molecule has 0 unspecified atom stereocenters. The van der Waals surface area contributed by atoms with Gasteiger partial charge in [0.1, 0.15) is 5.75 Å². The number of nitrogens with one attached hydrogen (secondary N) is 3. The number of carbonyl (C=O) groups is 2. The third-order valence-electron chi connectivity index (χ3n) is 3.79. The van der Waals surface area contributed by atoms with Crippen LogP contribution in [0, 0.1) is 6.92 Å². The number of alkyl halides is 3. The summed E-state index contributed by atoms with van der Waals surface area (Å²) in [6.07, 6.45) is -4.47. The molecule has 0 saturated carbocycles. The molecule has 3 N–H and O–H groups in total. The summed E-state index contributed by atoms with van der Waals surface area (Å²) in [6, 6.07) is 8.47. The van der Waals surface area contributed by atoms with E-state index in [1.807, 2.05) is 0 Å². The normalized spacial score (nSPS) is 10.9. The highest BCUT2D eigenvalue weighted by Gasteiger charge is 2.32. The van der Waals surface area contributed by atoms with Crippen LogP contribution in [0.5, 0.6) is 5.75 Å². The minimum Gasteiger partial charge on any atom is -0.495 e. The third kappa shape index (κ3) is 5.63. The predicted octanol–water partition coefficient (Wildman–Crippen LogP) is 4.03. The van der Waals surface area contributed by atoms with Gasteiger partial charge in [-0.25, -0.2) is 0 Å². The first kappa shape index (κ1) is 21.1. The SMILES string of the molecule is COc1ccc(NC(C)=O)cc1NC(=O)CNc1ccc(C)c(C(F)(F)F)c1. The molecule has 0 aliphatic carbocycles. The molecule has 0 fully saturated rings. The number of hydrogen-bond donors (Lipinski definition) is 3. The number of amides is 2. The highest BCUT2D eigenvalue weighted by molar-refractivity contribution is 5.96. The molecule has 0 saturated heterocycles. The Labute approximate surface area is 160 Å². The molecule has 0 atom stereocenters. The summed E-state index contributed by atoms with van der Waals surface area (Å²) in [5.41, 5.74) is 0.294. The summed E-state index contributed by atoms with van der Waals surface area (Å²) in [6.45, 7) is 2.46. The third-order valence-corrected chi connectivity index (χ3v) is 3.79. The van der Waals surface area contributed by atoms with Crippen molar-refractivity contribution in [2.45, 2.75) is 20.0 Å². The van der Waals surface area contributed by atoms with Gasteiger partial charge in [0.2, 0.25) is 11.8 Å². The Kier molecular flexibility index (Phi) is 6.50. The van der Waals surface area contributed by atoms with Crippen LogP contribution >= 0.6 is 0 Å². The van der Waals surface area contributed by atoms with Gasteiger partial charge in [0.05, 0.1) is 24.9 Å². The quantitative estimate of drug-likeness (QED) is 0.690. The molecule has 9 heteroatoms. The molecule has 0 bridgehead atoms. The molecule has 0 aromatic heterocycles. The van der Waals surface area contributed by atoms with Crippen LogP contribution in [0.3, 0.4) is 0 Å². The maximum Gasteiger partial charge on any atom is 0.416 e. The molecule has 2 aromatic rings. The number of aryl methyl sites for hydroxylation is 1. The Morgan fingerprint density at radius 1 is 1.04 bits per heavy atom. The fourth-order valence-corrected chi connectivity index (χ4v) is 2.50. The number of anilines is 3. The fraction of sp³-hybridized carbons (Fsp3) is 0.263.